The van der Waals surface area contributed by atoms with Crippen molar-refractivity contribution in [1.82, 2.24) is 0 Å². The Kier molecular flexibility index (Phi) is 3.67. The summed E-state index contributed by atoms with van der Waals surface area (Å²) in [5.41, 5.74) is 0. The van der Waals surface area contributed by atoms with Crippen LogP contribution < -0.4 is 0 Å². The molecule has 0 unspecified atom stereocenters. The molecule has 0 atom stereocenters. The second-order valence-corrected chi connectivity index (χ2v) is 1.54. The first kappa shape index (κ1) is 6.67. The minimum atomic E-state index is 0.266. The Bertz CT molecular complexity index is 57.2. The number of ketones is 1. The van der Waals surface area contributed by atoms with Gasteiger partial charge in [-0.1, -0.05) is 6.92 Å². The molecule has 0 amide bonds. The summed E-state index contributed by atoms with van der Waals surface area (Å²) in [6.07, 6.45) is 2.10. The molecule has 41 valence electrons. The second-order valence-electron chi connectivity index (χ2n) is 1.54. The van der Waals surface area contributed by atoms with Crippen LogP contribution in [0.25, 0.3) is 0 Å². The van der Waals surface area contributed by atoms with Gasteiger partial charge in [0.15, 0.2) is 0 Å². The van der Waals surface area contributed by atoms with Gasteiger partial charge in [0.2, 0.25) is 0 Å². The second kappa shape index (κ2) is 3.85. The molecule has 0 aliphatic carbocycles. The van der Waals surface area contributed by atoms with Crippen LogP contribution in [0.3, 0.4) is 0 Å². The van der Waals surface area contributed by atoms with Gasteiger partial charge in [0.1, 0.15) is 5.78 Å². The highest BCUT2D eigenvalue weighted by Gasteiger charge is 1.91. The Hall–Kier alpha value is -0.330. The van der Waals surface area contributed by atoms with Crippen molar-refractivity contribution in [2.45, 2.75) is 26.2 Å². The molecule has 0 bridgehead atoms. The van der Waals surface area contributed by atoms with Gasteiger partial charge in [-0.05, 0) is 13.3 Å². The third kappa shape index (κ3) is 3.50. The van der Waals surface area contributed by atoms with Crippen LogP contribution in [0.5, 0.6) is 0 Å². The summed E-state index contributed by atoms with van der Waals surface area (Å²) in [5.74, 6) is 0.266. The Morgan fingerprint density at radius 3 is 2.43 bits per heavy atom. The molecule has 0 aliphatic heterocycles. The van der Waals surface area contributed by atoms with Gasteiger partial charge in [-0.3, -0.25) is 4.79 Å². The average molecular weight is 99.2 g/mol. The van der Waals surface area contributed by atoms with E-state index >= 15 is 0 Å². The fourth-order valence-corrected chi connectivity index (χ4v) is 0.404. The molecule has 0 N–H and O–H groups in total. The molecule has 0 heterocycles. The monoisotopic (exact) mass is 99.1 g/mol. The Labute approximate surface area is 44.7 Å². The summed E-state index contributed by atoms with van der Waals surface area (Å²) in [5, 5.41) is 0. The minimum Gasteiger partial charge on any atom is -0.300 e. The number of Topliss-reactive ketones (excluding diaryl/α,β-unsaturated/α-hetero) is 1. The lowest BCUT2D eigenvalue weighted by atomic mass is 10.2. The van der Waals surface area contributed by atoms with Crippen LogP contribution in [0.15, 0.2) is 0 Å². The molecule has 1 heteroatoms. The number of carbonyl (C=O) groups excluding carboxylic acids is 1. The Morgan fingerprint density at radius 2 is 2.29 bits per heavy atom. The maximum Gasteiger partial charge on any atom is 0.132 e. The third-order valence-electron chi connectivity index (χ3n) is 0.808. The van der Waals surface area contributed by atoms with Crippen LogP contribution in [0.1, 0.15) is 26.2 Å². The zero-order chi connectivity index (χ0) is 5.70. The van der Waals surface area contributed by atoms with Crippen molar-refractivity contribution in [3.8, 4) is 0 Å². The molecule has 0 aromatic rings. The molecule has 1 nitrogen and oxygen atoms in total. The zero-order valence-corrected chi connectivity index (χ0v) is 4.74. The Balaban J connectivity index is 3.00. The van der Waals surface area contributed by atoms with Crippen LogP contribution in [0, 0.1) is 6.92 Å². The summed E-state index contributed by atoms with van der Waals surface area (Å²) in [4.78, 5) is 10.3. The van der Waals surface area contributed by atoms with E-state index in [1.807, 2.05) is 6.92 Å². The fraction of sp³-hybridized carbons (Fsp3) is 0.667. The van der Waals surface area contributed by atoms with Gasteiger partial charge >= 0.3 is 0 Å². The van der Waals surface area contributed by atoms with Gasteiger partial charge in [0.25, 0.3) is 0 Å². The van der Waals surface area contributed by atoms with Crippen molar-refractivity contribution >= 4 is 5.78 Å². The topological polar surface area (TPSA) is 17.1 Å². The van der Waals surface area contributed by atoms with Crippen LogP contribution in [-0.4, -0.2) is 5.78 Å². The number of carbonyl (C=O) groups is 1. The molecular weight excluding hydrogens is 88.1 g/mol. The molecule has 0 saturated heterocycles. The lowest BCUT2D eigenvalue weighted by Gasteiger charge is -1.87. The van der Waals surface area contributed by atoms with Gasteiger partial charge in [-0.15, -0.1) is 0 Å². The first-order valence-electron chi connectivity index (χ1n) is 2.62. The van der Waals surface area contributed by atoms with Crippen LogP contribution in [-0.2, 0) is 4.79 Å². The normalized spacial score (nSPS) is 8.86. The van der Waals surface area contributed by atoms with Crippen LogP contribution in [0.2, 0.25) is 0 Å². The predicted octanol–water partition coefficient (Wildman–Crippen LogP) is 1.58. The van der Waals surface area contributed by atoms with Gasteiger partial charge < -0.3 is 0 Å². The number of hydrogen-bond acceptors (Lipinski definition) is 1. The molecule has 0 fully saturated rings. The molecular formula is C6H11O. The zero-order valence-electron chi connectivity index (χ0n) is 4.74. The van der Waals surface area contributed by atoms with Crippen LogP contribution in [0.4, 0.5) is 0 Å². The van der Waals surface area contributed by atoms with Gasteiger partial charge in [0.05, 0.1) is 0 Å². The SMILES string of the molecule is [CH2]CC(=O)CCC. The van der Waals surface area contributed by atoms with E-state index in [-0.39, 0.29) is 5.78 Å². The summed E-state index contributed by atoms with van der Waals surface area (Å²) >= 11 is 0. The third-order valence-corrected chi connectivity index (χ3v) is 0.808. The summed E-state index contributed by atoms with van der Waals surface area (Å²) in [6, 6.07) is 0. The predicted molar refractivity (Wildman–Crippen MR) is 29.9 cm³/mol. The van der Waals surface area contributed by atoms with E-state index in [1.54, 1.807) is 0 Å². The van der Waals surface area contributed by atoms with E-state index in [0.717, 1.165) is 6.42 Å². The van der Waals surface area contributed by atoms with Gasteiger partial charge in [-0.25, -0.2) is 0 Å². The van der Waals surface area contributed by atoms with Crippen molar-refractivity contribution in [3.05, 3.63) is 6.92 Å². The maximum absolute atomic E-state index is 10.3. The highest BCUT2D eigenvalue weighted by Crippen LogP contribution is 1.90. The van der Waals surface area contributed by atoms with Crippen LogP contribution >= 0.6 is 0 Å². The van der Waals surface area contributed by atoms with Crippen molar-refractivity contribution in [3.63, 3.8) is 0 Å². The molecule has 0 rings (SSSR count). The minimum absolute atomic E-state index is 0.266. The Morgan fingerprint density at radius 1 is 1.71 bits per heavy atom. The quantitative estimate of drug-likeness (QED) is 0.525. The lowest BCUT2D eigenvalue weighted by Crippen LogP contribution is -1.91. The number of rotatable bonds is 3. The van der Waals surface area contributed by atoms with Crippen molar-refractivity contribution in [2.24, 2.45) is 0 Å². The summed E-state index contributed by atoms with van der Waals surface area (Å²) in [6.45, 7) is 5.45. The highest BCUT2D eigenvalue weighted by molar-refractivity contribution is 5.78. The molecule has 0 spiro atoms. The lowest BCUT2D eigenvalue weighted by molar-refractivity contribution is -0.118. The van der Waals surface area contributed by atoms with E-state index in [0.29, 0.717) is 12.8 Å². The highest BCUT2D eigenvalue weighted by atomic mass is 16.1. The standard InChI is InChI=1S/C6H11O/c1-3-5-6(7)4-2/h2-5H2,1H3. The van der Waals surface area contributed by atoms with E-state index in [1.165, 1.54) is 0 Å². The van der Waals surface area contributed by atoms with E-state index in [4.69, 9.17) is 0 Å². The molecule has 0 aromatic carbocycles. The van der Waals surface area contributed by atoms with E-state index in [2.05, 4.69) is 6.92 Å². The number of hydrogen-bond donors (Lipinski definition) is 0. The summed E-state index contributed by atoms with van der Waals surface area (Å²) in [7, 11) is 0. The average Bonchev–Trinajstić information content (AvgIpc) is 1.68. The van der Waals surface area contributed by atoms with E-state index in [9.17, 15) is 4.79 Å². The molecule has 0 aliphatic rings. The first-order chi connectivity index (χ1) is 3.31. The maximum atomic E-state index is 10.3. The fourth-order valence-electron chi connectivity index (χ4n) is 0.404. The summed E-state index contributed by atoms with van der Waals surface area (Å²) < 4.78 is 0. The van der Waals surface area contributed by atoms with Gasteiger partial charge in [0, 0.05) is 12.8 Å². The smallest absolute Gasteiger partial charge is 0.132 e. The molecule has 7 heavy (non-hydrogen) atoms. The molecule has 0 aromatic heterocycles. The van der Waals surface area contributed by atoms with E-state index < -0.39 is 0 Å². The molecule has 1 radical (unpaired) electrons. The van der Waals surface area contributed by atoms with Crippen molar-refractivity contribution < 1.29 is 4.79 Å². The van der Waals surface area contributed by atoms with Crippen molar-refractivity contribution in [2.75, 3.05) is 0 Å². The van der Waals surface area contributed by atoms with Gasteiger partial charge in [-0.2, -0.15) is 0 Å². The first-order valence-corrected chi connectivity index (χ1v) is 2.62. The largest absolute Gasteiger partial charge is 0.300 e. The van der Waals surface area contributed by atoms with Crippen molar-refractivity contribution in [1.29, 1.82) is 0 Å². The molecule has 0 saturated carbocycles.